The summed E-state index contributed by atoms with van der Waals surface area (Å²) in [4.78, 5) is 12.5. The maximum atomic E-state index is 12.0. The summed E-state index contributed by atoms with van der Waals surface area (Å²) in [5.74, 6) is 1.91. The Morgan fingerprint density at radius 3 is 2.52 bits per heavy atom. The molecule has 1 amide bonds. The van der Waals surface area contributed by atoms with Crippen molar-refractivity contribution in [1.82, 2.24) is 5.32 Å². The predicted molar refractivity (Wildman–Crippen MR) is 121 cm³/mol. The first-order valence-electron chi connectivity index (χ1n) is 9.23. The number of thioether (sulfide) groups is 1. The molecule has 5 nitrogen and oxygen atoms in total. The molecule has 3 rings (SSSR count). The molecule has 0 aromatic heterocycles. The van der Waals surface area contributed by atoms with Crippen molar-refractivity contribution in [2.75, 3.05) is 20.3 Å². The Morgan fingerprint density at radius 1 is 1.07 bits per heavy atom. The molecule has 0 bridgehead atoms. The highest BCUT2D eigenvalue weighted by molar-refractivity contribution is 8.26. The van der Waals surface area contributed by atoms with Gasteiger partial charge in [0.15, 0.2) is 11.5 Å². The zero-order valence-corrected chi connectivity index (χ0v) is 18.2. The van der Waals surface area contributed by atoms with E-state index in [9.17, 15) is 4.79 Å². The van der Waals surface area contributed by atoms with Gasteiger partial charge in [-0.05, 0) is 43.2 Å². The van der Waals surface area contributed by atoms with E-state index in [1.54, 1.807) is 13.2 Å². The van der Waals surface area contributed by atoms with E-state index in [1.165, 1.54) is 17.3 Å². The van der Waals surface area contributed by atoms with Crippen LogP contribution in [0.4, 0.5) is 0 Å². The summed E-state index contributed by atoms with van der Waals surface area (Å²) < 4.78 is 17.8. The first kappa shape index (κ1) is 21.2. The van der Waals surface area contributed by atoms with Crippen molar-refractivity contribution in [2.24, 2.45) is 0 Å². The van der Waals surface area contributed by atoms with Crippen LogP contribution in [0.2, 0.25) is 0 Å². The highest BCUT2D eigenvalue weighted by Crippen LogP contribution is 2.35. The summed E-state index contributed by atoms with van der Waals surface area (Å²) in [5.41, 5.74) is 3.12. The van der Waals surface area contributed by atoms with Crippen molar-refractivity contribution in [3.63, 3.8) is 0 Å². The van der Waals surface area contributed by atoms with Crippen LogP contribution in [0.1, 0.15) is 23.1 Å². The number of hydrogen-bond acceptors (Lipinski definition) is 6. The molecule has 29 heavy (non-hydrogen) atoms. The van der Waals surface area contributed by atoms with Crippen LogP contribution in [0.15, 0.2) is 41.3 Å². The molecule has 152 valence electrons. The van der Waals surface area contributed by atoms with Crippen LogP contribution in [0.3, 0.4) is 0 Å². The van der Waals surface area contributed by atoms with Gasteiger partial charge in [-0.3, -0.25) is 4.79 Å². The summed E-state index contributed by atoms with van der Waals surface area (Å²) in [5, 5.41) is 2.62. The van der Waals surface area contributed by atoms with E-state index in [-0.39, 0.29) is 5.91 Å². The minimum atomic E-state index is -0.198. The van der Waals surface area contributed by atoms with Crippen LogP contribution in [-0.2, 0) is 4.79 Å². The fourth-order valence-corrected chi connectivity index (χ4v) is 3.85. The van der Waals surface area contributed by atoms with E-state index in [0.29, 0.717) is 40.4 Å². The largest absolute Gasteiger partial charge is 0.493 e. The number of para-hydroxylation sites is 1. The van der Waals surface area contributed by atoms with E-state index in [0.717, 1.165) is 16.9 Å². The van der Waals surface area contributed by atoms with Gasteiger partial charge >= 0.3 is 0 Å². The number of benzene rings is 2. The Labute approximate surface area is 180 Å². The lowest BCUT2D eigenvalue weighted by atomic mass is 10.1. The highest BCUT2D eigenvalue weighted by atomic mass is 32.2. The topological polar surface area (TPSA) is 56.8 Å². The molecule has 2 aromatic carbocycles. The van der Waals surface area contributed by atoms with Crippen molar-refractivity contribution < 1.29 is 19.0 Å². The van der Waals surface area contributed by atoms with E-state index in [1.807, 2.05) is 30.3 Å². The maximum absolute atomic E-state index is 12.0. The predicted octanol–water partition coefficient (Wildman–Crippen LogP) is 4.65. The highest BCUT2D eigenvalue weighted by Gasteiger charge is 2.23. The number of carbonyl (C=O) groups is 1. The van der Waals surface area contributed by atoms with Crippen LogP contribution < -0.4 is 19.5 Å². The van der Waals surface area contributed by atoms with Gasteiger partial charge in [-0.25, -0.2) is 0 Å². The zero-order valence-electron chi connectivity index (χ0n) is 16.6. The molecule has 2 aromatic rings. The van der Waals surface area contributed by atoms with Gasteiger partial charge in [0.25, 0.3) is 5.91 Å². The molecule has 0 spiro atoms. The Kier molecular flexibility index (Phi) is 7.17. The van der Waals surface area contributed by atoms with Crippen LogP contribution in [-0.4, -0.2) is 30.6 Å². The average molecular weight is 430 g/mol. The minimum Gasteiger partial charge on any atom is -0.493 e. The number of rotatable bonds is 8. The van der Waals surface area contributed by atoms with E-state index >= 15 is 0 Å². The fourth-order valence-electron chi connectivity index (χ4n) is 2.82. The summed E-state index contributed by atoms with van der Waals surface area (Å²) in [6.07, 6.45) is 2.48. The van der Waals surface area contributed by atoms with Crippen LogP contribution >= 0.6 is 24.0 Å². The average Bonchev–Trinajstić information content (AvgIpc) is 3.02. The standard InChI is InChI=1S/C22H23NO4S2/c1-14-7-4-9-17(15(14)2)26-11-6-12-27-20-16(8-5-10-18(20)25-3)13-19-21(24)23-22(28)29-19/h4-5,7-10,13H,6,11-12H2,1-3H3,(H,23,24,28). The monoisotopic (exact) mass is 429 g/mol. The normalized spacial score (nSPS) is 14.8. The molecule has 7 heteroatoms. The van der Waals surface area contributed by atoms with Crippen LogP contribution in [0.25, 0.3) is 6.08 Å². The number of amides is 1. The fraction of sp³-hybridized carbons (Fsp3) is 0.273. The number of hydrogen-bond donors (Lipinski definition) is 1. The molecule has 0 unspecified atom stereocenters. The van der Waals surface area contributed by atoms with Gasteiger partial charge < -0.3 is 19.5 Å². The number of nitrogens with one attached hydrogen (secondary N) is 1. The van der Waals surface area contributed by atoms with Crippen LogP contribution in [0.5, 0.6) is 17.2 Å². The van der Waals surface area contributed by atoms with Gasteiger partial charge in [0.05, 0.1) is 25.2 Å². The number of carbonyl (C=O) groups excluding carboxylic acids is 1. The van der Waals surface area contributed by atoms with Gasteiger partial charge in [0, 0.05) is 12.0 Å². The molecule has 1 aliphatic heterocycles. The second kappa shape index (κ2) is 9.80. The smallest absolute Gasteiger partial charge is 0.263 e. The summed E-state index contributed by atoms with van der Waals surface area (Å²) >= 11 is 6.29. The molecular weight excluding hydrogens is 406 g/mol. The number of methoxy groups -OCH3 is 1. The molecule has 1 saturated heterocycles. The summed E-state index contributed by atoms with van der Waals surface area (Å²) in [7, 11) is 1.59. The van der Waals surface area contributed by atoms with Gasteiger partial charge in [-0.1, -0.05) is 48.2 Å². The first-order valence-corrected chi connectivity index (χ1v) is 10.5. The molecule has 0 atom stereocenters. The Bertz CT molecular complexity index is 956. The number of ether oxygens (including phenoxy) is 3. The number of aryl methyl sites for hydroxylation is 1. The van der Waals surface area contributed by atoms with Gasteiger partial charge in [-0.15, -0.1) is 0 Å². The first-order chi connectivity index (χ1) is 14.0. The summed E-state index contributed by atoms with van der Waals surface area (Å²) in [6.45, 7) is 5.12. The zero-order chi connectivity index (χ0) is 20.8. The molecule has 0 aliphatic carbocycles. The molecule has 0 radical (unpaired) electrons. The van der Waals surface area contributed by atoms with Crippen molar-refractivity contribution in [1.29, 1.82) is 0 Å². The van der Waals surface area contributed by atoms with Gasteiger partial charge in [-0.2, -0.15) is 0 Å². The molecular formula is C22H23NO4S2. The van der Waals surface area contributed by atoms with Crippen LogP contribution in [0, 0.1) is 13.8 Å². The Morgan fingerprint density at radius 2 is 1.79 bits per heavy atom. The lowest BCUT2D eigenvalue weighted by Crippen LogP contribution is -2.17. The third kappa shape index (κ3) is 5.31. The van der Waals surface area contributed by atoms with Gasteiger partial charge in [0.2, 0.25) is 0 Å². The quantitative estimate of drug-likeness (QED) is 0.375. The van der Waals surface area contributed by atoms with Crippen molar-refractivity contribution in [2.45, 2.75) is 20.3 Å². The van der Waals surface area contributed by atoms with Crippen molar-refractivity contribution in [3.8, 4) is 17.2 Å². The lowest BCUT2D eigenvalue weighted by molar-refractivity contribution is -0.115. The molecule has 1 aliphatic rings. The lowest BCUT2D eigenvalue weighted by Gasteiger charge is -2.14. The minimum absolute atomic E-state index is 0.198. The van der Waals surface area contributed by atoms with E-state index in [4.69, 9.17) is 26.4 Å². The molecule has 1 heterocycles. The third-order valence-electron chi connectivity index (χ3n) is 4.51. The van der Waals surface area contributed by atoms with E-state index in [2.05, 4.69) is 25.2 Å². The maximum Gasteiger partial charge on any atom is 0.263 e. The van der Waals surface area contributed by atoms with Crippen molar-refractivity contribution in [3.05, 3.63) is 58.0 Å². The molecule has 1 fully saturated rings. The van der Waals surface area contributed by atoms with E-state index < -0.39 is 0 Å². The molecule has 0 saturated carbocycles. The third-order valence-corrected chi connectivity index (χ3v) is 5.67. The molecule has 1 N–H and O–H groups in total. The summed E-state index contributed by atoms with van der Waals surface area (Å²) in [6, 6.07) is 11.6. The second-order valence-corrected chi connectivity index (χ2v) is 8.20. The Balaban J connectivity index is 1.64. The second-order valence-electron chi connectivity index (χ2n) is 6.48. The van der Waals surface area contributed by atoms with Crippen molar-refractivity contribution >= 4 is 40.3 Å². The number of thiocarbonyl (C=S) groups is 1. The SMILES string of the molecule is COc1cccc(C=C2SC(=S)NC2=O)c1OCCCOc1cccc(C)c1C. The van der Waals surface area contributed by atoms with Gasteiger partial charge in [0.1, 0.15) is 10.1 Å². The Hall–Kier alpha value is -2.51.